The highest BCUT2D eigenvalue weighted by Crippen LogP contribution is 2.39. The Bertz CT molecular complexity index is 1080. The maximum atomic E-state index is 13.1. The maximum Gasteiger partial charge on any atom is 0.262 e. The zero-order valence-electron chi connectivity index (χ0n) is 15.8. The van der Waals surface area contributed by atoms with Crippen LogP contribution in [0.2, 0.25) is 5.02 Å². The molecule has 0 saturated heterocycles. The number of fused-ring (bicyclic) bond motifs is 2. The van der Waals surface area contributed by atoms with Crippen LogP contribution in [0, 0.1) is 0 Å². The predicted molar refractivity (Wildman–Crippen MR) is 113 cm³/mol. The van der Waals surface area contributed by atoms with E-state index in [9.17, 15) is 4.79 Å². The van der Waals surface area contributed by atoms with Gasteiger partial charge in [0.2, 0.25) is 0 Å². The highest BCUT2D eigenvalue weighted by Gasteiger charge is 2.19. The minimum absolute atomic E-state index is 0.00246. The molecule has 0 amide bonds. The van der Waals surface area contributed by atoms with Crippen molar-refractivity contribution in [2.75, 3.05) is 13.2 Å². The number of benzene rings is 2. The summed E-state index contributed by atoms with van der Waals surface area (Å²) in [7, 11) is 0. The van der Waals surface area contributed by atoms with E-state index in [4.69, 9.17) is 26.1 Å². The van der Waals surface area contributed by atoms with Crippen LogP contribution >= 0.6 is 23.4 Å². The van der Waals surface area contributed by atoms with Gasteiger partial charge in [-0.15, -0.1) is 0 Å². The van der Waals surface area contributed by atoms with Crippen LogP contribution in [-0.4, -0.2) is 22.8 Å². The third-order valence-electron chi connectivity index (χ3n) is 4.83. The van der Waals surface area contributed by atoms with Gasteiger partial charge in [0, 0.05) is 11.8 Å². The van der Waals surface area contributed by atoms with Gasteiger partial charge >= 0.3 is 0 Å². The standard InChI is InChI=1S/C21H21ClN2O3S/c1-3-13(2)24-20(25)15-6-4-5-7-17(15)23-21(24)28-12-14-10-16(22)19-18(11-14)26-8-9-27-19/h4-7,10-11,13H,3,8-9,12H2,1-2H3. The van der Waals surface area contributed by atoms with Gasteiger partial charge in [-0.05, 0) is 43.2 Å². The van der Waals surface area contributed by atoms with Crippen molar-refractivity contribution < 1.29 is 9.47 Å². The number of thioether (sulfide) groups is 1. The molecule has 7 heteroatoms. The smallest absolute Gasteiger partial charge is 0.262 e. The second-order valence-electron chi connectivity index (χ2n) is 6.73. The minimum atomic E-state index is 0.00246. The van der Waals surface area contributed by atoms with Crippen LogP contribution < -0.4 is 15.0 Å². The van der Waals surface area contributed by atoms with Gasteiger partial charge in [-0.1, -0.05) is 42.4 Å². The first-order valence-corrected chi connectivity index (χ1v) is 10.7. The molecular weight excluding hydrogens is 396 g/mol. The highest BCUT2D eigenvalue weighted by molar-refractivity contribution is 7.98. The molecule has 146 valence electrons. The second-order valence-corrected chi connectivity index (χ2v) is 8.08. The van der Waals surface area contributed by atoms with Gasteiger partial charge in [-0.3, -0.25) is 9.36 Å². The van der Waals surface area contributed by atoms with Crippen molar-refractivity contribution in [3.63, 3.8) is 0 Å². The molecule has 1 aromatic heterocycles. The first kappa shape index (κ1) is 19.2. The second kappa shape index (κ2) is 8.05. The zero-order valence-corrected chi connectivity index (χ0v) is 17.3. The van der Waals surface area contributed by atoms with Crippen molar-refractivity contribution in [3.8, 4) is 11.5 Å². The topological polar surface area (TPSA) is 53.4 Å². The van der Waals surface area contributed by atoms with Crippen molar-refractivity contribution in [2.45, 2.75) is 37.2 Å². The summed E-state index contributed by atoms with van der Waals surface area (Å²) in [5.41, 5.74) is 1.72. The Morgan fingerprint density at radius 1 is 1.25 bits per heavy atom. The van der Waals surface area contributed by atoms with Gasteiger partial charge in [-0.2, -0.15) is 0 Å². The van der Waals surface area contributed by atoms with Crippen molar-refractivity contribution in [1.29, 1.82) is 0 Å². The van der Waals surface area contributed by atoms with Crippen LogP contribution in [0.3, 0.4) is 0 Å². The summed E-state index contributed by atoms with van der Waals surface area (Å²) in [6.07, 6.45) is 0.851. The van der Waals surface area contributed by atoms with Crippen molar-refractivity contribution in [1.82, 2.24) is 9.55 Å². The van der Waals surface area contributed by atoms with Gasteiger partial charge in [-0.25, -0.2) is 4.98 Å². The number of halogens is 1. The summed E-state index contributed by atoms with van der Waals surface area (Å²) in [4.78, 5) is 17.8. The SMILES string of the molecule is CCC(C)n1c(SCc2cc(Cl)c3c(c2)OCCO3)nc2ccccc2c1=O. The third-order valence-corrected chi connectivity index (χ3v) is 6.14. The lowest BCUT2D eigenvalue weighted by Crippen LogP contribution is -2.26. The van der Waals surface area contributed by atoms with Gasteiger partial charge in [0.25, 0.3) is 5.56 Å². The Morgan fingerprint density at radius 2 is 2.04 bits per heavy atom. The van der Waals surface area contributed by atoms with Crippen molar-refractivity contribution in [2.24, 2.45) is 0 Å². The number of ether oxygens (including phenoxy) is 2. The summed E-state index contributed by atoms with van der Waals surface area (Å²) >= 11 is 7.88. The fraction of sp³-hybridized carbons (Fsp3) is 0.333. The molecule has 28 heavy (non-hydrogen) atoms. The number of aromatic nitrogens is 2. The average molecular weight is 417 g/mol. The Morgan fingerprint density at radius 3 is 2.86 bits per heavy atom. The van der Waals surface area contributed by atoms with E-state index in [2.05, 4.69) is 6.92 Å². The Labute approximate surface area is 172 Å². The molecule has 0 aliphatic carbocycles. The third kappa shape index (κ3) is 3.59. The summed E-state index contributed by atoms with van der Waals surface area (Å²) < 4.78 is 13.0. The molecule has 0 spiro atoms. The van der Waals surface area contributed by atoms with E-state index in [1.54, 1.807) is 4.57 Å². The summed E-state index contributed by atoms with van der Waals surface area (Å²) in [5.74, 6) is 1.89. The van der Waals surface area contributed by atoms with E-state index < -0.39 is 0 Å². The number of para-hydroxylation sites is 1. The van der Waals surface area contributed by atoms with Crippen LogP contribution in [0.4, 0.5) is 0 Å². The molecule has 1 unspecified atom stereocenters. The van der Waals surface area contributed by atoms with E-state index in [0.29, 0.717) is 46.0 Å². The van der Waals surface area contributed by atoms with Gasteiger partial charge in [0.05, 0.1) is 15.9 Å². The van der Waals surface area contributed by atoms with Crippen LogP contribution in [-0.2, 0) is 5.75 Å². The number of hydrogen-bond acceptors (Lipinski definition) is 5. The lowest BCUT2D eigenvalue weighted by Gasteiger charge is -2.21. The van der Waals surface area contributed by atoms with E-state index in [-0.39, 0.29) is 11.6 Å². The Kier molecular flexibility index (Phi) is 5.51. The summed E-state index contributed by atoms with van der Waals surface area (Å²) in [6, 6.07) is 11.4. The Hall–Kier alpha value is -2.18. The molecule has 2 aromatic carbocycles. The number of rotatable bonds is 5. The quantitative estimate of drug-likeness (QED) is 0.428. The van der Waals surface area contributed by atoms with Gasteiger partial charge in [0.15, 0.2) is 16.7 Å². The fourth-order valence-corrected chi connectivity index (χ4v) is 4.51. The lowest BCUT2D eigenvalue weighted by atomic mass is 10.2. The summed E-state index contributed by atoms with van der Waals surface area (Å²) in [6.45, 7) is 5.13. The molecule has 0 saturated carbocycles. The summed E-state index contributed by atoms with van der Waals surface area (Å²) in [5, 5.41) is 1.90. The van der Waals surface area contributed by atoms with Crippen LogP contribution in [0.15, 0.2) is 46.3 Å². The van der Waals surface area contributed by atoms with Gasteiger partial charge in [0.1, 0.15) is 13.2 Å². The molecule has 1 atom stereocenters. The molecule has 1 aliphatic heterocycles. The highest BCUT2D eigenvalue weighted by atomic mass is 35.5. The molecule has 0 N–H and O–H groups in total. The molecule has 0 bridgehead atoms. The molecule has 0 radical (unpaired) electrons. The first-order valence-electron chi connectivity index (χ1n) is 9.30. The van der Waals surface area contributed by atoms with E-state index in [1.165, 1.54) is 11.8 Å². The zero-order chi connectivity index (χ0) is 19.7. The normalized spacial score (nSPS) is 14.2. The molecule has 2 heterocycles. The van der Waals surface area contributed by atoms with E-state index >= 15 is 0 Å². The molecule has 3 aromatic rings. The number of hydrogen-bond donors (Lipinski definition) is 0. The first-order chi connectivity index (χ1) is 13.6. The monoisotopic (exact) mass is 416 g/mol. The fourth-order valence-electron chi connectivity index (χ4n) is 3.19. The van der Waals surface area contributed by atoms with Crippen LogP contribution in [0.25, 0.3) is 10.9 Å². The van der Waals surface area contributed by atoms with Crippen LogP contribution in [0.1, 0.15) is 31.9 Å². The van der Waals surface area contributed by atoms with E-state index in [0.717, 1.165) is 17.5 Å². The molecule has 1 aliphatic rings. The predicted octanol–water partition coefficient (Wildman–Crippen LogP) is 5.08. The molecule has 5 nitrogen and oxygen atoms in total. The lowest BCUT2D eigenvalue weighted by molar-refractivity contribution is 0.171. The minimum Gasteiger partial charge on any atom is -0.486 e. The van der Waals surface area contributed by atoms with Crippen molar-refractivity contribution in [3.05, 3.63) is 57.3 Å². The van der Waals surface area contributed by atoms with E-state index in [1.807, 2.05) is 43.3 Å². The molecule has 4 rings (SSSR count). The average Bonchev–Trinajstić information content (AvgIpc) is 2.72. The largest absolute Gasteiger partial charge is 0.486 e. The maximum absolute atomic E-state index is 13.1. The molecular formula is C21H21ClN2O3S. The number of nitrogens with zero attached hydrogens (tertiary/aromatic N) is 2. The van der Waals surface area contributed by atoms with Gasteiger partial charge < -0.3 is 9.47 Å². The molecule has 0 fully saturated rings. The van der Waals surface area contributed by atoms with Crippen LogP contribution in [0.5, 0.6) is 11.5 Å². The van der Waals surface area contributed by atoms with Crippen molar-refractivity contribution >= 4 is 34.3 Å². The Balaban J connectivity index is 1.70.